The number of ether oxygens (including phenoxy) is 2. The molecule has 14 heteroatoms. The third-order valence-corrected chi connectivity index (χ3v) is 4.69. The molecule has 3 rings (SSSR count). The van der Waals surface area contributed by atoms with Gasteiger partial charge in [-0.05, 0) is 19.9 Å². The summed E-state index contributed by atoms with van der Waals surface area (Å²) in [5, 5.41) is 18.3. The number of benzene rings is 1. The van der Waals surface area contributed by atoms with E-state index >= 15 is 0 Å². The van der Waals surface area contributed by atoms with Gasteiger partial charge in [0.15, 0.2) is 6.61 Å². The van der Waals surface area contributed by atoms with Gasteiger partial charge in [0.05, 0.1) is 24.4 Å². The van der Waals surface area contributed by atoms with Crippen LogP contribution in [0.2, 0.25) is 0 Å². The van der Waals surface area contributed by atoms with Crippen LogP contribution in [-0.4, -0.2) is 52.4 Å². The van der Waals surface area contributed by atoms with E-state index in [0.717, 1.165) is 6.21 Å². The highest BCUT2D eigenvalue weighted by Gasteiger charge is 2.33. The zero-order valence-corrected chi connectivity index (χ0v) is 18.6. The molecule has 0 fully saturated rings. The van der Waals surface area contributed by atoms with Gasteiger partial charge in [-0.25, -0.2) is 19.8 Å². The third-order valence-electron chi connectivity index (χ3n) is 4.69. The maximum Gasteiger partial charge on any atom is 0.338 e. The minimum atomic E-state index is -0.904. The van der Waals surface area contributed by atoms with E-state index in [-0.39, 0.29) is 23.5 Å². The van der Waals surface area contributed by atoms with Crippen molar-refractivity contribution < 1.29 is 29.0 Å². The van der Waals surface area contributed by atoms with E-state index in [0.29, 0.717) is 11.3 Å². The number of para-hydroxylation sites is 1. The molecule has 1 aliphatic rings. The number of carbonyl (C=O) groups is 3. The third kappa shape index (κ3) is 5.93. The fraction of sp³-hybridized carbons (Fsp3) is 0.238. The molecule has 1 atom stereocenters. The molecule has 1 aromatic carbocycles. The van der Waals surface area contributed by atoms with Crippen LogP contribution in [0.4, 0.5) is 4.79 Å². The largest absolute Gasteiger partial charge is 0.494 e. The second-order valence-corrected chi connectivity index (χ2v) is 7.08. The molecule has 1 aliphatic heterocycles. The van der Waals surface area contributed by atoms with Gasteiger partial charge in [-0.15, -0.1) is 0 Å². The Kier molecular flexibility index (Phi) is 7.66. The molecule has 2 heterocycles. The highest BCUT2D eigenvalue weighted by Crippen LogP contribution is 2.33. The number of aromatic amines is 2. The predicted octanol–water partition coefficient (Wildman–Crippen LogP) is -0.511. The summed E-state index contributed by atoms with van der Waals surface area (Å²) in [6.07, 6.45) is 0.847. The standard InChI is InChI=1S/C21H22N6O8/c1-3-34-19(31)15-10(2)23-20(32)24-16(15)11-6-4-5-7-13(11)35-9-14(28)27-22-8-12-17(29)25-21(33)26-18(12)30/h4-8,16H,3,9H2,1-2H3,(H,27,28)(H2,23,24,32)(H3,25,26,29,30,33)/b22-8-/t16-/m1/s1. The molecule has 0 bridgehead atoms. The van der Waals surface area contributed by atoms with Gasteiger partial charge in [0.1, 0.15) is 11.3 Å². The van der Waals surface area contributed by atoms with Crippen LogP contribution in [0.1, 0.15) is 31.0 Å². The van der Waals surface area contributed by atoms with Crippen molar-refractivity contribution >= 4 is 24.1 Å². The van der Waals surface area contributed by atoms with Gasteiger partial charge in [0, 0.05) is 11.3 Å². The van der Waals surface area contributed by atoms with Gasteiger partial charge >= 0.3 is 17.7 Å². The van der Waals surface area contributed by atoms with Gasteiger partial charge in [-0.3, -0.25) is 19.6 Å². The number of aromatic nitrogens is 2. The van der Waals surface area contributed by atoms with E-state index in [9.17, 15) is 29.1 Å². The Labute approximate surface area is 197 Å². The molecule has 0 unspecified atom stereocenters. The average molecular weight is 486 g/mol. The summed E-state index contributed by atoms with van der Waals surface area (Å²) in [6.45, 7) is 2.85. The molecule has 0 saturated carbocycles. The van der Waals surface area contributed by atoms with Crippen LogP contribution in [0.25, 0.3) is 0 Å². The van der Waals surface area contributed by atoms with Crippen molar-refractivity contribution in [2.45, 2.75) is 19.9 Å². The Morgan fingerprint density at radius 1 is 1.20 bits per heavy atom. The molecule has 6 N–H and O–H groups in total. The summed E-state index contributed by atoms with van der Waals surface area (Å²) in [6, 6.07) is 5.07. The summed E-state index contributed by atoms with van der Waals surface area (Å²) < 4.78 is 10.7. The summed E-state index contributed by atoms with van der Waals surface area (Å²) in [5.74, 6) is -1.84. The number of amides is 3. The number of rotatable bonds is 8. The minimum Gasteiger partial charge on any atom is -0.494 e. The molecule has 14 nitrogen and oxygen atoms in total. The lowest BCUT2D eigenvalue weighted by atomic mass is 9.95. The first kappa shape index (κ1) is 24.8. The molecular weight excluding hydrogens is 464 g/mol. The Bertz CT molecular complexity index is 1330. The first-order chi connectivity index (χ1) is 16.7. The fourth-order valence-electron chi connectivity index (χ4n) is 3.21. The number of nitrogens with zero attached hydrogens (tertiary/aromatic N) is 1. The predicted molar refractivity (Wildman–Crippen MR) is 121 cm³/mol. The molecule has 1 aromatic heterocycles. The Hall–Kier alpha value is -4.88. The number of esters is 1. The monoisotopic (exact) mass is 486 g/mol. The fourth-order valence-corrected chi connectivity index (χ4v) is 3.21. The highest BCUT2D eigenvalue weighted by molar-refractivity contribution is 5.95. The molecule has 0 radical (unpaired) electrons. The van der Waals surface area contributed by atoms with E-state index in [4.69, 9.17) is 9.47 Å². The van der Waals surface area contributed by atoms with Crippen molar-refractivity contribution in [2.75, 3.05) is 13.2 Å². The van der Waals surface area contributed by atoms with Gasteiger partial charge < -0.3 is 25.2 Å². The zero-order chi connectivity index (χ0) is 25.5. The number of allylic oxidation sites excluding steroid dienone is 1. The number of nitrogens with one attached hydrogen (secondary N) is 5. The van der Waals surface area contributed by atoms with E-state index in [1.165, 1.54) is 0 Å². The molecule has 0 aliphatic carbocycles. The smallest absolute Gasteiger partial charge is 0.338 e. The summed E-state index contributed by atoms with van der Waals surface area (Å²) in [5.41, 5.74) is 0.850. The lowest BCUT2D eigenvalue weighted by Gasteiger charge is -2.29. The lowest BCUT2D eigenvalue weighted by molar-refractivity contribution is -0.139. The Morgan fingerprint density at radius 3 is 2.66 bits per heavy atom. The van der Waals surface area contributed by atoms with Crippen molar-refractivity contribution in [3.63, 3.8) is 0 Å². The van der Waals surface area contributed by atoms with Gasteiger partial charge in [0.25, 0.3) is 11.5 Å². The Balaban J connectivity index is 1.74. The van der Waals surface area contributed by atoms with Crippen LogP contribution >= 0.6 is 0 Å². The number of hydrogen-bond acceptors (Lipinski definition) is 9. The number of aromatic hydroxyl groups is 1. The van der Waals surface area contributed by atoms with Crippen LogP contribution in [0, 0.1) is 0 Å². The van der Waals surface area contributed by atoms with Crippen molar-refractivity contribution in [2.24, 2.45) is 5.10 Å². The van der Waals surface area contributed by atoms with E-state index in [2.05, 4.69) is 21.2 Å². The maximum absolute atomic E-state index is 12.5. The zero-order valence-electron chi connectivity index (χ0n) is 18.6. The molecule has 0 spiro atoms. The first-order valence-electron chi connectivity index (χ1n) is 10.3. The molecular formula is C21H22N6O8. The second kappa shape index (κ2) is 10.8. The van der Waals surface area contributed by atoms with Crippen molar-refractivity contribution in [3.8, 4) is 11.6 Å². The number of hydrazone groups is 1. The van der Waals surface area contributed by atoms with Crippen LogP contribution in [0.3, 0.4) is 0 Å². The molecule has 35 heavy (non-hydrogen) atoms. The van der Waals surface area contributed by atoms with Crippen LogP contribution in [0.15, 0.2) is 50.2 Å². The number of urea groups is 1. The number of hydrogen-bond donors (Lipinski definition) is 6. The Morgan fingerprint density at radius 2 is 1.94 bits per heavy atom. The van der Waals surface area contributed by atoms with E-state index in [1.807, 2.05) is 9.97 Å². The van der Waals surface area contributed by atoms with E-state index < -0.39 is 47.7 Å². The van der Waals surface area contributed by atoms with Crippen LogP contribution in [-0.2, 0) is 14.3 Å². The van der Waals surface area contributed by atoms with Gasteiger partial charge in [0.2, 0.25) is 5.88 Å². The molecule has 3 amide bonds. The summed E-state index contributed by atoms with van der Waals surface area (Å²) in [7, 11) is 0. The summed E-state index contributed by atoms with van der Waals surface area (Å²) in [4.78, 5) is 63.4. The normalized spacial score (nSPS) is 15.4. The SMILES string of the molecule is CCOC(=O)C1=C(C)NC(=O)N[C@@H]1c1ccccc1OCC(=O)N/N=C\c1c(O)[nH]c(=O)[nH]c1=O. The van der Waals surface area contributed by atoms with Crippen molar-refractivity contribution in [1.29, 1.82) is 0 Å². The first-order valence-corrected chi connectivity index (χ1v) is 10.3. The van der Waals surface area contributed by atoms with Gasteiger partial charge in [-0.1, -0.05) is 18.2 Å². The molecule has 0 saturated heterocycles. The quantitative estimate of drug-likeness (QED) is 0.162. The van der Waals surface area contributed by atoms with Crippen molar-refractivity contribution in [1.82, 2.24) is 26.0 Å². The average Bonchev–Trinajstić information content (AvgIpc) is 2.79. The topological polar surface area (TPSA) is 204 Å². The lowest BCUT2D eigenvalue weighted by Crippen LogP contribution is -2.45. The summed E-state index contributed by atoms with van der Waals surface area (Å²) >= 11 is 0. The number of carbonyl (C=O) groups excluding carboxylic acids is 3. The molecule has 2 aromatic rings. The van der Waals surface area contributed by atoms with Crippen LogP contribution in [0.5, 0.6) is 11.6 Å². The van der Waals surface area contributed by atoms with Crippen molar-refractivity contribution in [3.05, 3.63) is 67.5 Å². The highest BCUT2D eigenvalue weighted by atomic mass is 16.5. The number of H-pyrrole nitrogens is 2. The van der Waals surface area contributed by atoms with E-state index in [1.54, 1.807) is 38.1 Å². The second-order valence-electron chi connectivity index (χ2n) is 7.08. The maximum atomic E-state index is 12.5. The van der Waals surface area contributed by atoms with Gasteiger partial charge in [-0.2, -0.15) is 5.10 Å². The minimum absolute atomic E-state index is 0.137. The van der Waals surface area contributed by atoms with Crippen LogP contribution < -0.4 is 32.0 Å². The molecule has 184 valence electrons.